The van der Waals surface area contributed by atoms with E-state index < -0.39 is 6.43 Å². The summed E-state index contributed by atoms with van der Waals surface area (Å²) in [6, 6.07) is 4.09. The lowest BCUT2D eigenvalue weighted by atomic mass is 10.1. The van der Waals surface area contributed by atoms with Crippen molar-refractivity contribution in [2.75, 3.05) is 7.11 Å². The van der Waals surface area contributed by atoms with Crippen molar-refractivity contribution in [3.63, 3.8) is 0 Å². The highest BCUT2D eigenvalue weighted by atomic mass is 19.3. The van der Waals surface area contributed by atoms with E-state index in [0.29, 0.717) is 11.3 Å². The molecule has 0 bridgehead atoms. The van der Waals surface area contributed by atoms with Gasteiger partial charge in [-0.15, -0.1) is 0 Å². The first kappa shape index (κ1) is 10.9. The van der Waals surface area contributed by atoms with Gasteiger partial charge in [-0.3, -0.25) is 4.84 Å². The van der Waals surface area contributed by atoms with Crippen LogP contribution in [-0.2, 0) is 11.4 Å². The van der Waals surface area contributed by atoms with Crippen LogP contribution < -0.4 is 10.6 Å². The molecule has 0 aliphatic heterocycles. The molecule has 0 fully saturated rings. The van der Waals surface area contributed by atoms with Gasteiger partial charge in [0.1, 0.15) is 5.75 Å². The Labute approximate surface area is 80.4 Å². The SMILES string of the molecule is COc1ccc(C(F)F)cc1CON. The lowest BCUT2D eigenvalue weighted by Gasteiger charge is -2.09. The van der Waals surface area contributed by atoms with Crippen molar-refractivity contribution >= 4 is 0 Å². The maximum Gasteiger partial charge on any atom is 0.263 e. The van der Waals surface area contributed by atoms with E-state index in [9.17, 15) is 8.78 Å². The molecule has 0 saturated carbocycles. The summed E-state index contributed by atoms with van der Waals surface area (Å²) in [6.07, 6.45) is -2.50. The van der Waals surface area contributed by atoms with E-state index in [0.717, 1.165) is 0 Å². The first-order valence-corrected chi connectivity index (χ1v) is 3.95. The minimum absolute atomic E-state index is 0.0454. The lowest BCUT2D eigenvalue weighted by Crippen LogP contribution is -2.02. The average Bonchev–Trinajstić information content (AvgIpc) is 2.18. The van der Waals surface area contributed by atoms with E-state index in [1.54, 1.807) is 0 Å². The monoisotopic (exact) mass is 203 g/mol. The van der Waals surface area contributed by atoms with Crippen LogP contribution in [0.15, 0.2) is 18.2 Å². The Morgan fingerprint density at radius 2 is 2.14 bits per heavy atom. The van der Waals surface area contributed by atoms with E-state index in [4.69, 9.17) is 10.6 Å². The minimum atomic E-state index is -2.50. The predicted octanol–water partition coefficient (Wildman–Crippen LogP) is 2.02. The van der Waals surface area contributed by atoms with Gasteiger partial charge in [-0.1, -0.05) is 0 Å². The van der Waals surface area contributed by atoms with Crippen molar-refractivity contribution < 1.29 is 18.4 Å². The Morgan fingerprint density at radius 1 is 1.43 bits per heavy atom. The van der Waals surface area contributed by atoms with Gasteiger partial charge in [0, 0.05) is 11.1 Å². The summed E-state index contributed by atoms with van der Waals surface area (Å²) >= 11 is 0. The summed E-state index contributed by atoms with van der Waals surface area (Å²) < 4.78 is 29.6. The van der Waals surface area contributed by atoms with Crippen LogP contribution in [-0.4, -0.2) is 7.11 Å². The molecular formula is C9H11F2NO2. The fourth-order valence-electron chi connectivity index (χ4n) is 1.14. The number of benzene rings is 1. The van der Waals surface area contributed by atoms with E-state index in [-0.39, 0.29) is 12.2 Å². The smallest absolute Gasteiger partial charge is 0.263 e. The molecule has 0 saturated heterocycles. The first-order valence-electron chi connectivity index (χ1n) is 3.95. The van der Waals surface area contributed by atoms with Gasteiger partial charge in [0.2, 0.25) is 0 Å². The molecule has 1 aromatic carbocycles. The van der Waals surface area contributed by atoms with Gasteiger partial charge in [-0.2, -0.15) is 0 Å². The van der Waals surface area contributed by atoms with Gasteiger partial charge in [-0.05, 0) is 18.2 Å². The van der Waals surface area contributed by atoms with Crippen molar-refractivity contribution in [2.24, 2.45) is 5.90 Å². The molecule has 0 atom stereocenters. The highest BCUT2D eigenvalue weighted by molar-refractivity contribution is 5.37. The van der Waals surface area contributed by atoms with Gasteiger partial charge < -0.3 is 4.74 Å². The Kier molecular flexibility index (Phi) is 3.79. The molecule has 5 heteroatoms. The molecule has 0 unspecified atom stereocenters. The van der Waals surface area contributed by atoms with Crippen molar-refractivity contribution in [3.8, 4) is 5.75 Å². The number of rotatable bonds is 4. The Morgan fingerprint density at radius 3 is 2.64 bits per heavy atom. The molecule has 78 valence electrons. The Balaban J connectivity index is 3.01. The number of methoxy groups -OCH3 is 1. The molecule has 0 spiro atoms. The molecular weight excluding hydrogens is 192 g/mol. The topological polar surface area (TPSA) is 44.5 Å². The summed E-state index contributed by atoms with van der Waals surface area (Å²) in [5, 5.41) is 0. The molecule has 1 rings (SSSR count). The lowest BCUT2D eigenvalue weighted by molar-refractivity contribution is 0.121. The third kappa shape index (κ3) is 2.40. The molecule has 3 nitrogen and oxygen atoms in total. The highest BCUT2D eigenvalue weighted by Gasteiger charge is 2.10. The van der Waals surface area contributed by atoms with Crippen molar-refractivity contribution in [2.45, 2.75) is 13.0 Å². The largest absolute Gasteiger partial charge is 0.496 e. The van der Waals surface area contributed by atoms with Crippen LogP contribution in [0.1, 0.15) is 17.6 Å². The van der Waals surface area contributed by atoms with Crippen LogP contribution in [0.4, 0.5) is 8.78 Å². The van der Waals surface area contributed by atoms with Crippen LogP contribution in [0.5, 0.6) is 5.75 Å². The first-order chi connectivity index (χ1) is 6.69. The summed E-state index contributed by atoms with van der Waals surface area (Å²) in [5.74, 6) is 5.35. The third-order valence-corrected chi connectivity index (χ3v) is 1.80. The maximum absolute atomic E-state index is 12.3. The van der Waals surface area contributed by atoms with Crippen molar-refractivity contribution in [1.82, 2.24) is 0 Å². The Hall–Kier alpha value is -1.20. The van der Waals surface area contributed by atoms with E-state index in [1.165, 1.54) is 25.3 Å². The molecule has 0 aliphatic rings. The van der Waals surface area contributed by atoms with Gasteiger partial charge in [0.25, 0.3) is 6.43 Å². The van der Waals surface area contributed by atoms with E-state index >= 15 is 0 Å². The van der Waals surface area contributed by atoms with Gasteiger partial charge >= 0.3 is 0 Å². The normalized spacial score (nSPS) is 10.6. The maximum atomic E-state index is 12.3. The number of nitrogens with two attached hydrogens (primary N) is 1. The van der Waals surface area contributed by atoms with Crippen LogP contribution in [0, 0.1) is 0 Å². The molecule has 1 aromatic rings. The number of ether oxygens (including phenoxy) is 1. The molecule has 0 amide bonds. The summed E-state index contributed by atoms with van der Waals surface area (Å²) in [4.78, 5) is 4.38. The summed E-state index contributed by atoms with van der Waals surface area (Å²) in [7, 11) is 1.46. The Bertz CT molecular complexity index is 305. The second-order valence-corrected chi connectivity index (χ2v) is 2.68. The molecule has 0 aromatic heterocycles. The van der Waals surface area contributed by atoms with Crippen LogP contribution in [0.2, 0.25) is 0 Å². The zero-order valence-electron chi connectivity index (χ0n) is 7.67. The fraction of sp³-hybridized carbons (Fsp3) is 0.333. The predicted molar refractivity (Wildman–Crippen MR) is 46.9 cm³/mol. The number of hydrogen-bond donors (Lipinski definition) is 1. The molecule has 0 heterocycles. The zero-order chi connectivity index (χ0) is 10.6. The van der Waals surface area contributed by atoms with Crippen LogP contribution in [0.25, 0.3) is 0 Å². The minimum Gasteiger partial charge on any atom is -0.496 e. The van der Waals surface area contributed by atoms with E-state index in [1.807, 2.05) is 0 Å². The third-order valence-electron chi connectivity index (χ3n) is 1.80. The van der Waals surface area contributed by atoms with Crippen molar-refractivity contribution in [3.05, 3.63) is 29.3 Å². The van der Waals surface area contributed by atoms with Gasteiger partial charge in [0.05, 0.1) is 13.7 Å². The molecule has 0 radical (unpaired) electrons. The van der Waals surface area contributed by atoms with Gasteiger partial charge in [-0.25, -0.2) is 14.7 Å². The second-order valence-electron chi connectivity index (χ2n) is 2.68. The van der Waals surface area contributed by atoms with E-state index in [2.05, 4.69) is 4.84 Å². The number of halogens is 2. The van der Waals surface area contributed by atoms with Gasteiger partial charge in [0.15, 0.2) is 0 Å². The van der Waals surface area contributed by atoms with Crippen LogP contribution in [0.3, 0.4) is 0 Å². The number of hydrogen-bond acceptors (Lipinski definition) is 3. The molecule has 2 N–H and O–H groups in total. The fourth-order valence-corrected chi connectivity index (χ4v) is 1.14. The average molecular weight is 203 g/mol. The zero-order valence-corrected chi connectivity index (χ0v) is 7.67. The number of alkyl halides is 2. The standard InChI is InChI=1S/C9H11F2NO2/c1-13-8-3-2-6(9(10)11)4-7(8)5-14-12/h2-4,9H,5,12H2,1H3. The summed E-state index contributed by atoms with van der Waals surface area (Å²) in [6.45, 7) is 0.0454. The summed E-state index contributed by atoms with van der Waals surface area (Å²) in [5.41, 5.74) is 0.436. The van der Waals surface area contributed by atoms with Crippen molar-refractivity contribution in [1.29, 1.82) is 0 Å². The molecule has 14 heavy (non-hydrogen) atoms. The quantitative estimate of drug-likeness (QED) is 0.761. The molecule has 0 aliphatic carbocycles. The van der Waals surface area contributed by atoms with Crippen LogP contribution >= 0.6 is 0 Å². The second kappa shape index (κ2) is 4.88. The highest BCUT2D eigenvalue weighted by Crippen LogP contribution is 2.26.